The lowest BCUT2D eigenvalue weighted by atomic mass is 9.92. The van der Waals surface area contributed by atoms with Crippen LogP contribution in [0.5, 0.6) is 40.2 Å². The van der Waals surface area contributed by atoms with Crippen LogP contribution in [0.1, 0.15) is 44.1 Å². The van der Waals surface area contributed by atoms with Gasteiger partial charge >= 0.3 is 5.97 Å². The first-order valence-corrected chi connectivity index (χ1v) is 13.7. The van der Waals surface area contributed by atoms with E-state index >= 15 is 0 Å². The lowest BCUT2D eigenvalue weighted by Crippen LogP contribution is -2.38. The number of carbonyl (C=O) groups excluding carboxylic acids is 2. The molecule has 0 bridgehead atoms. The van der Waals surface area contributed by atoms with Gasteiger partial charge in [-0.25, -0.2) is 4.79 Å². The van der Waals surface area contributed by atoms with Gasteiger partial charge in [-0.05, 0) is 42.0 Å². The number of hydrogen-bond donors (Lipinski definition) is 4. The van der Waals surface area contributed by atoms with Gasteiger partial charge in [0.2, 0.25) is 5.78 Å². The van der Waals surface area contributed by atoms with Crippen LogP contribution in [-0.2, 0) is 4.74 Å². The van der Waals surface area contributed by atoms with Crippen molar-refractivity contribution in [3.05, 3.63) is 105 Å². The van der Waals surface area contributed by atoms with Crippen LogP contribution < -0.4 is 18.9 Å². The molecule has 0 amide bonds. The summed E-state index contributed by atoms with van der Waals surface area (Å²) in [7, 11) is 1.37. The predicted octanol–water partition coefficient (Wildman–Crippen LogP) is 4.14. The molecule has 2 unspecified atom stereocenters. The Balaban J connectivity index is 1.29. The van der Waals surface area contributed by atoms with Crippen LogP contribution in [0.2, 0.25) is 0 Å². The minimum absolute atomic E-state index is 0.0824. The van der Waals surface area contributed by atoms with Crippen molar-refractivity contribution in [1.29, 1.82) is 0 Å². The molecule has 6 rings (SSSR count). The van der Waals surface area contributed by atoms with Gasteiger partial charge in [0, 0.05) is 29.8 Å². The lowest BCUT2D eigenvalue weighted by Gasteiger charge is -2.35. The van der Waals surface area contributed by atoms with Crippen molar-refractivity contribution in [2.75, 3.05) is 13.7 Å². The zero-order valence-corrected chi connectivity index (χ0v) is 23.9. The number of phenols is 3. The van der Waals surface area contributed by atoms with Crippen molar-refractivity contribution in [3.8, 4) is 40.2 Å². The number of aromatic hydroxyl groups is 3. The molecule has 0 fully saturated rings. The fourth-order valence-corrected chi connectivity index (χ4v) is 5.23. The van der Waals surface area contributed by atoms with E-state index < -0.39 is 46.8 Å². The highest BCUT2D eigenvalue weighted by atomic mass is 16.6. The summed E-state index contributed by atoms with van der Waals surface area (Å²) < 4.78 is 29.1. The summed E-state index contributed by atoms with van der Waals surface area (Å²) in [5.41, 5.74) is 0.423. The first kappa shape index (κ1) is 30.0. The predicted molar refractivity (Wildman–Crippen MR) is 156 cm³/mol. The van der Waals surface area contributed by atoms with Crippen molar-refractivity contribution < 1.29 is 58.6 Å². The quantitative estimate of drug-likeness (QED) is 0.129. The lowest BCUT2D eigenvalue weighted by molar-refractivity contribution is -0.384. The number of phenolic OH excluding ortho intramolecular Hbond substituents is 3. The number of hydrogen-bond acceptors (Lipinski definition) is 13. The number of esters is 1. The zero-order chi connectivity index (χ0) is 32.7. The molecule has 2 heterocycles. The van der Waals surface area contributed by atoms with E-state index in [0.29, 0.717) is 11.1 Å². The first-order chi connectivity index (χ1) is 22.0. The Morgan fingerprint density at radius 3 is 2.26 bits per heavy atom. The molecule has 0 spiro atoms. The number of fused-ring (bicyclic) bond motifs is 2. The van der Waals surface area contributed by atoms with Crippen molar-refractivity contribution in [2.24, 2.45) is 0 Å². The van der Waals surface area contributed by atoms with E-state index in [4.69, 9.17) is 23.7 Å². The van der Waals surface area contributed by atoms with E-state index in [1.54, 1.807) is 6.07 Å². The Labute approximate surface area is 259 Å². The second-order valence-electron chi connectivity index (χ2n) is 10.4. The molecule has 4 atom stereocenters. The zero-order valence-electron chi connectivity index (χ0n) is 23.9. The number of nitro groups is 1. The van der Waals surface area contributed by atoms with Gasteiger partial charge in [0.25, 0.3) is 5.69 Å². The SMILES string of the molecule is COc1cc(C2Oc3cc([C@H]4Oc5cc(O)cc(O)c5C(=O)[C@@H]4O)ccc3OC2COC(=O)c2ccc([N+](=O)[O-])cc2)ccc1O. The standard InChI is InChI=1S/C32H25NO13/c1-42-23-10-16(4-8-20(23)35)30-26(14-43-32(39)15-2-6-18(7-3-15)33(40)41)44-22-9-5-17(11-24(22)45-30)31-29(38)28(37)27-21(36)12-19(34)13-25(27)46-31/h2-13,26,29-31,34-36,38H,14H2,1H3/t26?,29-,30?,31+/m0/s1. The van der Waals surface area contributed by atoms with Gasteiger partial charge in [0.05, 0.1) is 17.6 Å². The Morgan fingerprint density at radius 2 is 1.54 bits per heavy atom. The smallest absolute Gasteiger partial charge is 0.338 e. The number of Topliss-reactive ketones (excluding diaryl/α,β-unsaturated/α-hetero) is 1. The van der Waals surface area contributed by atoms with Crippen LogP contribution in [0.15, 0.2) is 72.8 Å². The average Bonchev–Trinajstić information content (AvgIpc) is 3.04. The molecule has 2 aliphatic rings. The van der Waals surface area contributed by atoms with Gasteiger partial charge in [-0.15, -0.1) is 0 Å². The third-order valence-corrected chi connectivity index (χ3v) is 7.51. The molecular weight excluding hydrogens is 606 g/mol. The van der Waals surface area contributed by atoms with E-state index in [9.17, 15) is 40.1 Å². The number of aliphatic hydroxyl groups is 1. The molecule has 0 saturated heterocycles. The van der Waals surface area contributed by atoms with Gasteiger partial charge in [0.1, 0.15) is 29.4 Å². The molecule has 14 nitrogen and oxygen atoms in total. The molecule has 236 valence electrons. The highest BCUT2D eigenvalue weighted by Crippen LogP contribution is 2.46. The minimum Gasteiger partial charge on any atom is -0.508 e. The first-order valence-electron chi connectivity index (χ1n) is 13.7. The highest BCUT2D eigenvalue weighted by Gasteiger charge is 2.41. The summed E-state index contributed by atoms with van der Waals surface area (Å²) in [6.07, 6.45) is -4.79. The number of nitrogens with zero attached hydrogens (tertiary/aromatic N) is 1. The largest absolute Gasteiger partial charge is 0.508 e. The summed E-state index contributed by atoms with van der Waals surface area (Å²) >= 11 is 0. The fraction of sp³-hybridized carbons (Fsp3) is 0.188. The fourth-order valence-electron chi connectivity index (χ4n) is 5.23. The van der Waals surface area contributed by atoms with E-state index in [0.717, 1.165) is 12.1 Å². The number of carbonyl (C=O) groups is 2. The van der Waals surface area contributed by atoms with Crippen LogP contribution in [0.4, 0.5) is 5.69 Å². The Kier molecular flexibility index (Phi) is 7.71. The molecule has 4 N–H and O–H groups in total. The number of benzene rings is 4. The summed E-state index contributed by atoms with van der Waals surface area (Å²) in [4.78, 5) is 36.1. The van der Waals surface area contributed by atoms with E-state index in [2.05, 4.69) is 0 Å². The normalized spacial score (nSPS) is 19.8. The molecule has 2 aliphatic heterocycles. The molecule has 0 aromatic heterocycles. The van der Waals surface area contributed by atoms with Crippen LogP contribution in [-0.4, -0.2) is 63.0 Å². The average molecular weight is 632 g/mol. The number of nitro benzene ring substituents is 1. The number of methoxy groups -OCH3 is 1. The second-order valence-corrected chi connectivity index (χ2v) is 10.4. The summed E-state index contributed by atoms with van der Waals surface area (Å²) in [6, 6.07) is 16.0. The summed E-state index contributed by atoms with van der Waals surface area (Å²) in [5, 5.41) is 51.9. The maximum Gasteiger partial charge on any atom is 0.338 e. The van der Waals surface area contributed by atoms with Crippen LogP contribution >= 0.6 is 0 Å². The van der Waals surface area contributed by atoms with E-state index in [1.807, 2.05) is 0 Å². The maximum absolute atomic E-state index is 12.9. The van der Waals surface area contributed by atoms with Gasteiger partial charge in [0.15, 0.2) is 47.4 Å². The molecule has 0 aliphatic carbocycles. The van der Waals surface area contributed by atoms with Gasteiger partial charge in [-0.3, -0.25) is 14.9 Å². The van der Waals surface area contributed by atoms with Gasteiger partial charge in [-0.1, -0.05) is 12.1 Å². The van der Waals surface area contributed by atoms with Crippen LogP contribution in [0.3, 0.4) is 0 Å². The minimum atomic E-state index is -1.70. The molecule has 4 aromatic carbocycles. The highest BCUT2D eigenvalue weighted by molar-refractivity contribution is 6.05. The number of aliphatic hydroxyl groups excluding tert-OH is 1. The van der Waals surface area contributed by atoms with Crippen LogP contribution in [0, 0.1) is 10.1 Å². The van der Waals surface area contributed by atoms with Gasteiger partial charge < -0.3 is 44.1 Å². The molecular formula is C32H25NO13. The number of ketones is 1. The van der Waals surface area contributed by atoms with Crippen molar-refractivity contribution in [2.45, 2.75) is 24.4 Å². The molecule has 0 saturated carbocycles. The van der Waals surface area contributed by atoms with Crippen molar-refractivity contribution in [3.63, 3.8) is 0 Å². The Hall–Kier alpha value is -6.02. The molecule has 0 radical (unpaired) electrons. The van der Waals surface area contributed by atoms with Gasteiger partial charge in [-0.2, -0.15) is 0 Å². The van der Waals surface area contributed by atoms with Crippen molar-refractivity contribution in [1.82, 2.24) is 0 Å². The Bertz CT molecular complexity index is 1860. The summed E-state index contributed by atoms with van der Waals surface area (Å²) in [5.74, 6) is -2.12. The second kappa shape index (κ2) is 11.8. The monoisotopic (exact) mass is 631 g/mol. The Morgan fingerprint density at radius 1 is 0.848 bits per heavy atom. The number of rotatable bonds is 7. The van der Waals surface area contributed by atoms with Crippen LogP contribution in [0.25, 0.3) is 0 Å². The third-order valence-electron chi connectivity index (χ3n) is 7.51. The molecule has 46 heavy (non-hydrogen) atoms. The maximum atomic E-state index is 12.9. The topological polar surface area (TPSA) is 204 Å². The number of non-ortho nitro benzene ring substituents is 1. The van der Waals surface area contributed by atoms with Crippen molar-refractivity contribution >= 4 is 17.4 Å². The molecule has 14 heteroatoms. The summed E-state index contributed by atoms with van der Waals surface area (Å²) in [6.45, 7) is -0.312. The number of ether oxygens (including phenoxy) is 5. The molecule has 4 aromatic rings. The van der Waals surface area contributed by atoms with E-state index in [1.165, 1.54) is 61.7 Å². The van der Waals surface area contributed by atoms with E-state index in [-0.39, 0.29) is 57.9 Å². The third kappa shape index (κ3) is 5.52.